The van der Waals surface area contributed by atoms with Crippen molar-refractivity contribution in [3.8, 4) is 11.5 Å². The van der Waals surface area contributed by atoms with Gasteiger partial charge in [-0.15, -0.1) is 11.8 Å². The van der Waals surface area contributed by atoms with Crippen molar-refractivity contribution in [2.45, 2.75) is 43.3 Å². The molecule has 130 valence electrons. The molecule has 0 atom stereocenters. The Morgan fingerprint density at radius 3 is 2.17 bits per heavy atom. The molecule has 0 radical (unpaired) electrons. The molecule has 3 nitrogen and oxygen atoms in total. The van der Waals surface area contributed by atoms with Gasteiger partial charge in [0, 0.05) is 10.3 Å². The van der Waals surface area contributed by atoms with E-state index in [2.05, 4.69) is 0 Å². The van der Waals surface area contributed by atoms with Crippen LogP contribution in [0.5, 0.6) is 11.5 Å². The highest BCUT2D eigenvalue weighted by molar-refractivity contribution is 8.01. The number of rotatable bonds is 6. The van der Waals surface area contributed by atoms with E-state index in [1.165, 1.54) is 38.5 Å². The fraction of sp³-hybridized carbons (Fsp3) is 0.650. The molecule has 0 unspecified atom stereocenters. The number of ketones is 1. The van der Waals surface area contributed by atoms with E-state index >= 15 is 0 Å². The first kappa shape index (κ1) is 16.3. The van der Waals surface area contributed by atoms with Crippen molar-refractivity contribution in [3.05, 3.63) is 23.8 Å². The van der Waals surface area contributed by atoms with Crippen LogP contribution in [-0.2, 0) is 0 Å². The molecule has 4 aliphatic rings. The SMILES string of the molecule is COc1ccc(C(=O)CSC23CC4CC(CC(C4)C2)C3)cc1OC. The molecule has 1 aromatic carbocycles. The Morgan fingerprint density at radius 2 is 1.62 bits per heavy atom. The van der Waals surface area contributed by atoms with Gasteiger partial charge in [-0.3, -0.25) is 4.79 Å². The topological polar surface area (TPSA) is 35.5 Å². The largest absolute Gasteiger partial charge is 0.493 e. The lowest BCUT2D eigenvalue weighted by atomic mass is 9.56. The number of carbonyl (C=O) groups excluding carboxylic acids is 1. The average molecular weight is 346 g/mol. The summed E-state index contributed by atoms with van der Waals surface area (Å²) >= 11 is 1.94. The van der Waals surface area contributed by atoms with Crippen LogP contribution in [0.25, 0.3) is 0 Å². The number of hydrogen-bond donors (Lipinski definition) is 0. The summed E-state index contributed by atoms with van der Waals surface area (Å²) in [6.45, 7) is 0. The Kier molecular flexibility index (Phi) is 4.27. The van der Waals surface area contributed by atoms with Gasteiger partial charge in [0.15, 0.2) is 17.3 Å². The Labute approximate surface area is 148 Å². The third-order valence-corrected chi connectivity index (χ3v) is 7.72. The molecule has 4 aliphatic carbocycles. The molecular weight excluding hydrogens is 320 g/mol. The van der Waals surface area contributed by atoms with Gasteiger partial charge in [0.05, 0.1) is 20.0 Å². The Bertz CT molecular complexity index is 604. The number of methoxy groups -OCH3 is 2. The number of carbonyl (C=O) groups is 1. The molecule has 0 aromatic heterocycles. The highest BCUT2D eigenvalue weighted by Crippen LogP contribution is 2.60. The summed E-state index contributed by atoms with van der Waals surface area (Å²) in [5.74, 6) is 4.88. The van der Waals surface area contributed by atoms with Crippen molar-refractivity contribution >= 4 is 17.5 Å². The number of hydrogen-bond acceptors (Lipinski definition) is 4. The quantitative estimate of drug-likeness (QED) is 0.706. The Morgan fingerprint density at radius 1 is 1.04 bits per heavy atom. The van der Waals surface area contributed by atoms with Crippen LogP contribution < -0.4 is 9.47 Å². The van der Waals surface area contributed by atoms with Crippen LogP contribution in [-0.4, -0.2) is 30.5 Å². The lowest BCUT2D eigenvalue weighted by Gasteiger charge is -2.56. The van der Waals surface area contributed by atoms with Crippen molar-refractivity contribution in [2.75, 3.05) is 20.0 Å². The maximum Gasteiger partial charge on any atom is 0.172 e. The zero-order valence-electron chi connectivity index (χ0n) is 14.5. The van der Waals surface area contributed by atoms with Crippen molar-refractivity contribution in [1.82, 2.24) is 0 Å². The molecule has 4 heteroatoms. The Balaban J connectivity index is 1.43. The molecular formula is C20H26O3S. The summed E-state index contributed by atoms with van der Waals surface area (Å²) in [5, 5.41) is 0. The van der Waals surface area contributed by atoms with Crippen LogP contribution in [0.3, 0.4) is 0 Å². The monoisotopic (exact) mass is 346 g/mol. The van der Waals surface area contributed by atoms with Gasteiger partial charge in [0.25, 0.3) is 0 Å². The molecule has 4 fully saturated rings. The second-order valence-electron chi connectivity index (χ2n) is 7.88. The van der Waals surface area contributed by atoms with Crippen LogP contribution in [0.1, 0.15) is 48.9 Å². The van der Waals surface area contributed by atoms with E-state index in [1.54, 1.807) is 20.3 Å². The summed E-state index contributed by atoms with van der Waals surface area (Å²) in [5.41, 5.74) is 0.727. The fourth-order valence-corrected chi connectivity index (χ4v) is 7.18. The molecule has 4 bridgehead atoms. The first-order valence-electron chi connectivity index (χ1n) is 9.00. The van der Waals surface area contributed by atoms with Gasteiger partial charge in [-0.2, -0.15) is 0 Å². The van der Waals surface area contributed by atoms with Gasteiger partial charge in [-0.05, 0) is 74.5 Å². The average Bonchev–Trinajstić information content (AvgIpc) is 2.58. The predicted octanol–water partition coefficient (Wildman–Crippen LogP) is 4.59. The normalized spacial score (nSPS) is 33.5. The number of ether oxygens (including phenoxy) is 2. The van der Waals surface area contributed by atoms with Gasteiger partial charge in [0.2, 0.25) is 0 Å². The van der Waals surface area contributed by atoms with Crippen LogP contribution in [0.4, 0.5) is 0 Å². The van der Waals surface area contributed by atoms with Gasteiger partial charge >= 0.3 is 0 Å². The first-order valence-corrected chi connectivity index (χ1v) is 9.98. The van der Waals surface area contributed by atoms with Gasteiger partial charge in [-0.1, -0.05) is 0 Å². The molecule has 0 saturated heterocycles. The van der Waals surface area contributed by atoms with E-state index in [0.717, 1.165) is 23.3 Å². The van der Waals surface area contributed by atoms with Crippen molar-refractivity contribution in [2.24, 2.45) is 17.8 Å². The second kappa shape index (κ2) is 6.29. The molecule has 1 aromatic rings. The molecule has 4 saturated carbocycles. The third-order valence-electron chi connectivity index (χ3n) is 6.20. The molecule has 0 heterocycles. The van der Waals surface area contributed by atoms with Crippen LogP contribution in [0.15, 0.2) is 18.2 Å². The van der Waals surface area contributed by atoms with Gasteiger partial charge in [-0.25, -0.2) is 0 Å². The minimum Gasteiger partial charge on any atom is -0.493 e. The van der Waals surface area contributed by atoms with Crippen LogP contribution in [0, 0.1) is 17.8 Å². The van der Waals surface area contributed by atoms with Crippen molar-refractivity contribution in [3.63, 3.8) is 0 Å². The minimum atomic E-state index is 0.205. The smallest absolute Gasteiger partial charge is 0.172 e. The summed E-state index contributed by atoms with van der Waals surface area (Å²) < 4.78 is 11.0. The number of benzene rings is 1. The van der Waals surface area contributed by atoms with Gasteiger partial charge < -0.3 is 9.47 Å². The van der Waals surface area contributed by atoms with E-state index in [4.69, 9.17) is 9.47 Å². The van der Waals surface area contributed by atoms with Crippen molar-refractivity contribution in [1.29, 1.82) is 0 Å². The molecule has 0 spiro atoms. The Hall–Kier alpha value is -1.16. The van der Waals surface area contributed by atoms with Crippen LogP contribution >= 0.6 is 11.8 Å². The van der Waals surface area contributed by atoms with Crippen LogP contribution in [0.2, 0.25) is 0 Å². The molecule has 0 aliphatic heterocycles. The second-order valence-corrected chi connectivity index (χ2v) is 9.33. The maximum absolute atomic E-state index is 12.7. The van der Waals surface area contributed by atoms with E-state index in [9.17, 15) is 4.79 Å². The lowest BCUT2D eigenvalue weighted by molar-refractivity contribution is 0.0383. The molecule has 0 amide bonds. The zero-order chi connectivity index (χ0) is 16.7. The summed E-state index contributed by atoms with van der Waals surface area (Å²) in [6, 6.07) is 5.48. The van der Waals surface area contributed by atoms with Crippen molar-refractivity contribution < 1.29 is 14.3 Å². The lowest BCUT2D eigenvalue weighted by Crippen LogP contribution is -2.48. The summed E-state index contributed by atoms with van der Waals surface area (Å²) in [4.78, 5) is 12.7. The minimum absolute atomic E-state index is 0.205. The summed E-state index contributed by atoms with van der Waals surface area (Å²) in [7, 11) is 3.22. The van der Waals surface area contributed by atoms with E-state index in [-0.39, 0.29) is 5.78 Å². The highest BCUT2D eigenvalue weighted by atomic mass is 32.2. The third kappa shape index (κ3) is 2.94. The van der Waals surface area contributed by atoms with Gasteiger partial charge in [0.1, 0.15) is 0 Å². The molecule has 0 N–H and O–H groups in total. The predicted molar refractivity (Wildman–Crippen MR) is 97.2 cm³/mol. The molecule has 24 heavy (non-hydrogen) atoms. The number of thioether (sulfide) groups is 1. The number of Topliss-reactive ketones (excluding diaryl/α,β-unsaturated/α-hetero) is 1. The van der Waals surface area contributed by atoms with E-state index < -0.39 is 0 Å². The maximum atomic E-state index is 12.7. The fourth-order valence-electron chi connectivity index (χ4n) is 5.52. The van der Waals surface area contributed by atoms with E-state index in [0.29, 0.717) is 22.0 Å². The molecule has 5 rings (SSSR count). The first-order chi connectivity index (χ1) is 11.6. The van der Waals surface area contributed by atoms with E-state index in [1.807, 2.05) is 23.9 Å². The standard InChI is InChI=1S/C20H26O3S/c1-22-18-4-3-16(8-19(18)23-2)17(21)12-24-20-9-13-5-14(10-20)7-15(6-13)11-20/h3-4,8,13-15H,5-7,9-12H2,1-2H3. The summed E-state index contributed by atoms with van der Waals surface area (Å²) in [6.07, 6.45) is 8.35. The zero-order valence-corrected chi connectivity index (χ0v) is 15.4. The highest BCUT2D eigenvalue weighted by Gasteiger charge is 2.51.